The molecule has 5 heteroatoms. The van der Waals surface area contributed by atoms with Crippen LogP contribution in [0.5, 0.6) is 5.75 Å². The number of nitrogens with zero attached hydrogens (tertiary/aromatic N) is 1. The van der Waals surface area contributed by atoms with Crippen LogP contribution in [-0.2, 0) is 10.3 Å². The number of rotatable bonds is 3. The minimum atomic E-state index is -3.63. The largest absolute Gasteiger partial charge is 0.384 e. The molecule has 4 nitrogen and oxygen atoms in total. The number of benzene rings is 1. The predicted molar refractivity (Wildman–Crippen MR) is 48.5 cm³/mol. The molecule has 0 saturated carbocycles. The molecule has 0 amide bonds. The van der Waals surface area contributed by atoms with Gasteiger partial charge in [-0.05, 0) is 18.2 Å². The minimum absolute atomic E-state index is 0.285. The van der Waals surface area contributed by atoms with Gasteiger partial charge < -0.3 is 4.18 Å². The van der Waals surface area contributed by atoms with Crippen molar-refractivity contribution >= 4 is 10.3 Å². The second kappa shape index (κ2) is 3.76. The summed E-state index contributed by atoms with van der Waals surface area (Å²) < 4.78 is 28.1. The van der Waals surface area contributed by atoms with E-state index in [9.17, 15) is 8.42 Å². The van der Waals surface area contributed by atoms with Crippen molar-refractivity contribution in [2.24, 2.45) is 0 Å². The van der Waals surface area contributed by atoms with Crippen LogP contribution in [0.25, 0.3) is 0 Å². The van der Waals surface area contributed by atoms with E-state index >= 15 is 0 Å². The fourth-order valence-electron chi connectivity index (χ4n) is 0.623. The van der Waals surface area contributed by atoms with E-state index in [1.807, 2.05) is 0 Å². The highest BCUT2D eigenvalue weighted by molar-refractivity contribution is 7.84. The Balaban J connectivity index is 2.82. The summed E-state index contributed by atoms with van der Waals surface area (Å²) >= 11 is 0. The van der Waals surface area contributed by atoms with Gasteiger partial charge in [-0.1, -0.05) is 12.1 Å². The molecule has 71 valence electrons. The molecular formula is C8H10NO3S. The molecule has 0 aliphatic rings. The zero-order valence-electron chi connectivity index (χ0n) is 7.39. The van der Waals surface area contributed by atoms with Crippen LogP contribution in [0.15, 0.2) is 24.3 Å². The van der Waals surface area contributed by atoms with Gasteiger partial charge in [-0.2, -0.15) is 12.7 Å². The highest BCUT2D eigenvalue weighted by Gasteiger charge is 2.14. The van der Waals surface area contributed by atoms with Gasteiger partial charge in [-0.15, -0.1) is 0 Å². The lowest BCUT2D eigenvalue weighted by Crippen LogP contribution is -2.26. The third kappa shape index (κ3) is 2.71. The fraction of sp³-hybridized carbons (Fsp3) is 0.250. The highest BCUT2D eigenvalue weighted by Crippen LogP contribution is 2.11. The van der Waals surface area contributed by atoms with E-state index in [1.165, 1.54) is 26.2 Å². The molecule has 0 heterocycles. The average molecular weight is 200 g/mol. The van der Waals surface area contributed by atoms with E-state index in [1.54, 1.807) is 12.1 Å². The van der Waals surface area contributed by atoms with Gasteiger partial charge in [0.1, 0.15) is 5.75 Å². The maximum Gasteiger partial charge on any atom is 0.384 e. The Morgan fingerprint density at radius 2 is 1.85 bits per heavy atom. The quantitative estimate of drug-likeness (QED) is 0.720. The van der Waals surface area contributed by atoms with E-state index in [0.717, 1.165) is 4.31 Å². The van der Waals surface area contributed by atoms with Crippen molar-refractivity contribution in [3.8, 4) is 5.75 Å². The van der Waals surface area contributed by atoms with Crippen LogP contribution in [0.1, 0.15) is 0 Å². The summed E-state index contributed by atoms with van der Waals surface area (Å²) in [5.41, 5.74) is 0. The van der Waals surface area contributed by atoms with Gasteiger partial charge in [0.15, 0.2) is 0 Å². The van der Waals surface area contributed by atoms with Gasteiger partial charge in [0.25, 0.3) is 0 Å². The molecule has 0 atom stereocenters. The summed E-state index contributed by atoms with van der Waals surface area (Å²) in [6.07, 6.45) is 0. The minimum Gasteiger partial charge on any atom is -0.371 e. The van der Waals surface area contributed by atoms with Crippen LogP contribution < -0.4 is 4.18 Å². The molecule has 1 aromatic rings. The van der Waals surface area contributed by atoms with Crippen molar-refractivity contribution in [1.29, 1.82) is 0 Å². The van der Waals surface area contributed by atoms with Crippen LogP contribution in [0.3, 0.4) is 0 Å². The Bertz CT molecular complexity index is 358. The van der Waals surface area contributed by atoms with Crippen LogP contribution in [0.4, 0.5) is 0 Å². The number of hydrogen-bond acceptors (Lipinski definition) is 3. The summed E-state index contributed by atoms with van der Waals surface area (Å²) in [6.45, 7) is 0. The van der Waals surface area contributed by atoms with Gasteiger partial charge >= 0.3 is 10.3 Å². The summed E-state index contributed by atoms with van der Waals surface area (Å²) in [5, 5.41) is 0. The summed E-state index contributed by atoms with van der Waals surface area (Å²) in [7, 11) is -0.818. The maximum atomic E-state index is 11.2. The molecule has 0 N–H and O–H groups in total. The van der Waals surface area contributed by atoms with E-state index < -0.39 is 10.3 Å². The van der Waals surface area contributed by atoms with Gasteiger partial charge in [0, 0.05) is 14.1 Å². The van der Waals surface area contributed by atoms with E-state index in [-0.39, 0.29) is 5.75 Å². The molecule has 0 bridgehead atoms. The van der Waals surface area contributed by atoms with Gasteiger partial charge in [-0.3, -0.25) is 0 Å². The first-order chi connectivity index (χ1) is 6.02. The van der Waals surface area contributed by atoms with E-state index in [4.69, 9.17) is 4.18 Å². The fourth-order valence-corrected chi connectivity index (χ4v) is 1.13. The normalized spacial score (nSPS) is 11.6. The van der Waals surface area contributed by atoms with E-state index in [0.29, 0.717) is 0 Å². The molecule has 0 spiro atoms. The lowest BCUT2D eigenvalue weighted by Gasteiger charge is -2.11. The molecule has 0 saturated heterocycles. The molecular weight excluding hydrogens is 190 g/mol. The Kier molecular flexibility index (Phi) is 2.90. The predicted octanol–water partition coefficient (Wildman–Crippen LogP) is 0.672. The number of hydrogen-bond donors (Lipinski definition) is 0. The average Bonchev–Trinajstić information content (AvgIpc) is 2.05. The standard InChI is InChI=1S/C8H10NO3S/c1-9(2)13(10,11)12-8-6-4-3-5-7-8/h4-7H,1-2H3. The second-order valence-corrected chi connectivity index (χ2v) is 4.31. The summed E-state index contributed by atoms with van der Waals surface area (Å²) in [6, 6.07) is 8.98. The smallest absolute Gasteiger partial charge is 0.371 e. The highest BCUT2D eigenvalue weighted by atomic mass is 32.2. The Morgan fingerprint density at radius 1 is 1.31 bits per heavy atom. The first-order valence-corrected chi connectivity index (χ1v) is 4.97. The van der Waals surface area contributed by atoms with Crippen molar-refractivity contribution in [3.63, 3.8) is 0 Å². The van der Waals surface area contributed by atoms with E-state index in [2.05, 4.69) is 6.07 Å². The Hall–Kier alpha value is -1.07. The zero-order chi connectivity index (χ0) is 9.90. The second-order valence-electron chi connectivity index (χ2n) is 2.56. The SMILES string of the molecule is CN(C)S(=O)(=O)Oc1cc[c]cc1. The van der Waals surface area contributed by atoms with Crippen molar-refractivity contribution < 1.29 is 12.6 Å². The van der Waals surface area contributed by atoms with Crippen LogP contribution in [0.2, 0.25) is 0 Å². The third-order valence-corrected chi connectivity index (χ3v) is 2.63. The van der Waals surface area contributed by atoms with Gasteiger partial charge in [0.05, 0.1) is 0 Å². The van der Waals surface area contributed by atoms with Crippen molar-refractivity contribution in [3.05, 3.63) is 30.3 Å². The zero-order valence-corrected chi connectivity index (χ0v) is 8.21. The Morgan fingerprint density at radius 3 is 2.31 bits per heavy atom. The molecule has 1 aromatic carbocycles. The van der Waals surface area contributed by atoms with Crippen LogP contribution in [-0.4, -0.2) is 26.8 Å². The van der Waals surface area contributed by atoms with Crippen LogP contribution in [0, 0.1) is 6.07 Å². The lowest BCUT2D eigenvalue weighted by atomic mass is 10.3. The molecule has 13 heavy (non-hydrogen) atoms. The topological polar surface area (TPSA) is 46.6 Å². The maximum absolute atomic E-state index is 11.2. The third-order valence-electron chi connectivity index (χ3n) is 1.34. The molecule has 1 radical (unpaired) electrons. The Labute approximate surface area is 78.0 Å². The summed E-state index contributed by atoms with van der Waals surface area (Å²) in [4.78, 5) is 0. The molecule has 0 aliphatic heterocycles. The van der Waals surface area contributed by atoms with Crippen molar-refractivity contribution in [2.45, 2.75) is 0 Å². The molecule has 0 aromatic heterocycles. The molecule has 0 unspecified atom stereocenters. The van der Waals surface area contributed by atoms with Crippen molar-refractivity contribution in [2.75, 3.05) is 14.1 Å². The van der Waals surface area contributed by atoms with Gasteiger partial charge in [-0.25, -0.2) is 0 Å². The first-order valence-electron chi connectivity index (χ1n) is 3.60. The first kappa shape index (κ1) is 10.0. The molecule has 1 rings (SSSR count). The lowest BCUT2D eigenvalue weighted by molar-refractivity contribution is 0.421. The van der Waals surface area contributed by atoms with Crippen LogP contribution >= 0.6 is 0 Å². The molecule has 0 fully saturated rings. The van der Waals surface area contributed by atoms with Gasteiger partial charge in [0.2, 0.25) is 0 Å². The summed E-state index contributed by atoms with van der Waals surface area (Å²) in [5.74, 6) is 0.285. The monoisotopic (exact) mass is 200 g/mol. The molecule has 0 aliphatic carbocycles. The van der Waals surface area contributed by atoms with Crippen molar-refractivity contribution in [1.82, 2.24) is 4.31 Å².